The van der Waals surface area contributed by atoms with Crippen molar-refractivity contribution in [2.75, 3.05) is 6.61 Å². The van der Waals surface area contributed by atoms with Crippen LogP contribution in [0.1, 0.15) is 0 Å². The molecule has 0 fully saturated rings. The molecule has 8 heteroatoms. The SMILES string of the molecule is O=c1ccn2c(n1)OC(COc1ccc(-c3cc(Cl)cc(Cl)c3Cl)cc1)C2. The standard InChI is InChI=1S/C19H13Cl3N2O3/c20-12-7-15(18(22)16(21)8-12)11-1-3-13(4-2-11)26-10-14-9-24-6-5-17(25)23-19(24)27-14/h1-8,14H,9-10H2. The van der Waals surface area contributed by atoms with Crippen LogP contribution in [-0.2, 0) is 6.54 Å². The van der Waals surface area contributed by atoms with Crippen molar-refractivity contribution in [3.8, 4) is 22.9 Å². The molecule has 0 amide bonds. The Morgan fingerprint density at radius 1 is 1.15 bits per heavy atom. The lowest BCUT2D eigenvalue weighted by Crippen LogP contribution is -2.23. The highest BCUT2D eigenvalue weighted by molar-refractivity contribution is 6.45. The molecule has 0 bridgehead atoms. The lowest BCUT2D eigenvalue weighted by molar-refractivity contribution is 0.143. The van der Waals surface area contributed by atoms with E-state index in [0.29, 0.717) is 40.0 Å². The quantitative estimate of drug-likeness (QED) is 0.570. The van der Waals surface area contributed by atoms with Crippen molar-refractivity contribution in [1.82, 2.24) is 9.55 Å². The van der Waals surface area contributed by atoms with Gasteiger partial charge in [0.15, 0.2) is 6.10 Å². The maximum atomic E-state index is 11.3. The molecule has 0 aliphatic carbocycles. The monoisotopic (exact) mass is 422 g/mol. The van der Waals surface area contributed by atoms with E-state index in [2.05, 4.69) is 4.98 Å². The van der Waals surface area contributed by atoms with Crippen LogP contribution in [-0.4, -0.2) is 22.3 Å². The first kappa shape index (κ1) is 18.2. The second-order valence-corrected chi connectivity index (χ2v) is 7.25. The van der Waals surface area contributed by atoms with E-state index in [4.69, 9.17) is 44.3 Å². The van der Waals surface area contributed by atoms with Gasteiger partial charge in [0, 0.05) is 22.8 Å². The average Bonchev–Trinajstić information content (AvgIpc) is 3.05. The summed E-state index contributed by atoms with van der Waals surface area (Å²) in [6.07, 6.45) is 1.46. The van der Waals surface area contributed by atoms with Gasteiger partial charge in [-0.25, -0.2) is 0 Å². The van der Waals surface area contributed by atoms with Crippen molar-refractivity contribution in [2.45, 2.75) is 12.6 Å². The number of fused-ring (bicyclic) bond motifs is 1. The number of rotatable bonds is 4. The Morgan fingerprint density at radius 2 is 1.93 bits per heavy atom. The van der Waals surface area contributed by atoms with Gasteiger partial charge < -0.3 is 9.47 Å². The minimum absolute atomic E-state index is 0.208. The molecule has 0 spiro atoms. The first-order chi connectivity index (χ1) is 13.0. The van der Waals surface area contributed by atoms with Crippen LogP contribution in [0.25, 0.3) is 11.1 Å². The number of nitrogens with zero attached hydrogens (tertiary/aromatic N) is 2. The molecule has 5 nitrogen and oxygen atoms in total. The smallest absolute Gasteiger partial charge is 0.300 e. The Kier molecular flexibility index (Phi) is 5.00. The fraction of sp³-hybridized carbons (Fsp3) is 0.158. The molecule has 4 rings (SSSR count). The first-order valence-corrected chi connectivity index (χ1v) is 9.25. The summed E-state index contributed by atoms with van der Waals surface area (Å²) >= 11 is 18.4. The summed E-state index contributed by atoms with van der Waals surface area (Å²) < 4.78 is 13.2. The number of halogens is 3. The van der Waals surface area contributed by atoms with Crippen molar-refractivity contribution in [3.05, 3.63) is 74.1 Å². The second-order valence-electron chi connectivity index (χ2n) is 6.03. The number of hydrogen-bond donors (Lipinski definition) is 0. The Bertz CT molecular complexity index is 1050. The summed E-state index contributed by atoms with van der Waals surface area (Å²) in [5.74, 6) is 0.685. The Balaban J connectivity index is 1.43. The summed E-state index contributed by atoms with van der Waals surface area (Å²) in [5.41, 5.74) is 1.31. The molecule has 0 saturated carbocycles. The van der Waals surface area contributed by atoms with Crippen LogP contribution in [0.5, 0.6) is 11.8 Å². The van der Waals surface area contributed by atoms with Gasteiger partial charge in [0.1, 0.15) is 12.4 Å². The van der Waals surface area contributed by atoms with E-state index in [9.17, 15) is 4.79 Å². The molecule has 3 aromatic rings. The molecule has 27 heavy (non-hydrogen) atoms. The largest absolute Gasteiger partial charge is 0.490 e. The summed E-state index contributed by atoms with van der Waals surface area (Å²) in [5, 5.41) is 1.38. The van der Waals surface area contributed by atoms with Crippen LogP contribution in [0.4, 0.5) is 0 Å². The highest BCUT2D eigenvalue weighted by Gasteiger charge is 2.23. The summed E-state index contributed by atoms with van der Waals surface area (Å²) in [4.78, 5) is 15.1. The fourth-order valence-electron chi connectivity index (χ4n) is 2.82. The fourth-order valence-corrected chi connectivity index (χ4v) is 3.54. The van der Waals surface area contributed by atoms with Crippen LogP contribution >= 0.6 is 34.8 Å². The van der Waals surface area contributed by atoms with Gasteiger partial charge in [-0.1, -0.05) is 46.9 Å². The van der Waals surface area contributed by atoms with E-state index in [0.717, 1.165) is 11.1 Å². The van der Waals surface area contributed by atoms with Crippen molar-refractivity contribution >= 4 is 34.8 Å². The minimum Gasteiger partial charge on any atom is -0.490 e. The van der Waals surface area contributed by atoms with Crippen LogP contribution in [0.3, 0.4) is 0 Å². The molecule has 1 aliphatic heterocycles. The predicted molar refractivity (Wildman–Crippen MR) is 105 cm³/mol. The van der Waals surface area contributed by atoms with Crippen molar-refractivity contribution < 1.29 is 9.47 Å². The van der Waals surface area contributed by atoms with Crippen molar-refractivity contribution in [2.24, 2.45) is 0 Å². The number of hydrogen-bond acceptors (Lipinski definition) is 4. The molecule has 1 atom stereocenters. The predicted octanol–water partition coefficient (Wildman–Crippen LogP) is 4.71. The molecule has 0 N–H and O–H groups in total. The Morgan fingerprint density at radius 3 is 2.70 bits per heavy atom. The molecular formula is C19H13Cl3N2O3. The normalized spacial score (nSPS) is 15.3. The zero-order chi connectivity index (χ0) is 19.0. The van der Waals surface area contributed by atoms with Crippen LogP contribution in [0.2, 0.25) is 15.1 Å². The zero-order valence-corrected chi connectivity index (χ0v) is 16.1. The zero-order valence-electron chi connectivity index (χ0n) is 13.9. The van der Waals surface area contributed by atoms with Gasteiger partial charge in [-0.3, -0.25) is 9.36 Å². The molecule has 2 aromatic carbocycles. The summed E-state index contributed by atoms with van der Waals surface area (Å²) in [6.45, 7) is 0.915. The van der Waals surface area contributed by atoms with Gasteiger partial charge in [-0.15, -0.1) is 0 Å². The molecule has 1 unspecified atom stereocenters. The lowest BCUT2D eigenvalue weighted by Gasteiger charge is -2.12. The van der Waals surface area contributed by atoms with E-state index >= 15 is 0 Å². The van der Waals surface area contributed by atoms with Crippen molar-refractivity contribution in [1.29, 1.82) is 0 Å². The van der Waals surface area contributed by atoms with Crippen LogP contribution in [0.15, 0.2) is 53.5 Å². The van der Waals surface area contributed by atoms with E-state index in [1.165, 1.54) is 6.07 Å². The third kappa shape index (κ3) is 3.90. The average molecular weight is 424 g/mol. The van der Waals surface area contributed by atoms with E-state index in [1.807, 2.05) is 24.3 Å². The highest BCUT2D eigenvalue weighted by Crippen LogP contribution is 2.37. The Labute approximate surface area is 170 Å². The van der Waals surface area contributed by atoms with Gasteiger partial charge in [0.25, 0.3) is 11.6 Å². The lowest BCUT2D eigenvalue weighted by atomic mass is 10.1. The minimum atomic E-state index is -0.321. The summed E-state index contributed by atoms with van der Waals surface area (Å²) in [7, 11) is 0. The third-order valence-corrected chi connectivity index (χ3v) is 5.14. The summed E-state index contributed by atoms with van der Waals surface area (Å²) in [6, 6.07) is 12.5. The highest BCUT2D eigenvalue weighted by atomic mass is 35.5. The van der Waals surface area contributed by atoms with Gasteiger partial charge in [-0.05, 0) is 29.8 Å². The van der Waals surface area contributed by atoms with E-state index in [-0.39, 0.29) is 11.7 Å². The maximum absolute atomic E-state index is 11.3. The molecule has 1 aliphatic rings. The molecule has 1 aromatic heterocycles. The van der Waals surface area contributed by atoms with E-state index in [1.54, 1.807) is 22.9 Å². The molecular weight excluding hydrogens is 411 g/mol. The van der Waals surface area contributed by atoms with E-state index < -0.39 is 0 Å². The Hall–Kier alpha value is -2.21. The number of benzene rings is 2. The third-order valence-electron chi connectivity index (χ3n) is 4.12. The second kappa shape index (κ2) is 7.43. The first-order valence-electron chi connectivity index (χ1n) is 8.11. The molecule has 138 valence electrons. The van der Waals surface area contributed by atoms with Gasteiger partial charge in [0.05, 0.1) is 16.6 Å². The van der Waals surface area contributed by atoms with Crippen molar-refractivity contribution in [3.63, 3.8) is 0 Å². The van der Waals surface area contributed by atoms with Gasteiger partial charge in [-0.2, -0.15) is 4.98 Å². The topological polar surface area (TPSA) is 53.4 Å². The number of ether oxygens (including phenoxy) is 2. The van der Waals surface area contributed by atoms with Gasteiger partial charge >= 0.3 is 0 Å². The number of aromatic nitrogens is 2. The van der Waals surface area contributed by atoms with Gasteiger partial charge in [0.2, 0.25) is 0 Å². The van der Waals surface area contributed by atoms with Crippen LogP contribution in [0, 0.1) is 0 Å². The van der Waals surface area contributed by atoms with Crippen LogP contribution < -0.4 is 15.0 Å². The molecule has 2 heterocycles. The molecule has 0 saturated heterocycles. The maximum Gasteiger partial charge on any atom is 0.300 e. The molecule has 0 radical (unpaired) electrons.